The van der Waals surface area contributed by atoms with Crippen LogP contribution in [0.5, 0.6) is 0 Å². The quantitative estimate of drug-likeness (QED) is 0.790. The van der Waals surface area contributed by atoms with Crippen LogP contribution in [-0.2, 0) is 5.41 Å². The van der Waals surface area contributed by atoms with Gasteiger partial charge >= 0.3 is 0 Å². The Balaban J connectivity index is 1.56. The number of H-pyrrole nitrogens is 1. The maximum absolute atomic E-state index is 12.8. The maximum atomic E-state index is 12.8. The highest BCUT2D eigenvalue weighted by Crippen LogP contribution is 2.48. The van der Waals surface area contributed by atoms with Crippen LogP contribution < -0.4 is 0 Å². The molecule has 0 saturated heterocycles. The lowest BCUT2D eigenvalue weighted by Gasteiger charge is -2.24. The van der Waals surface area contributed by atoms with Crippen LogP contribution in [0.4, 0.5) is 0 Å². The Hall–Kier alpha value is -3.06. The highest BCUT2D eigenvalue weighted by molar-refractivity contribution is 5.98. The second-order valence-corrected chi connectivity index (χ2v) is 6.88. The number of nitriles is 1. The number of carbonyl (C=O) groups is 1. The average molecular weight is 329 g/mol. The zero-order valence-corrected chi connectivity index (χ0v) is 14.1. The van der Waals surface area contributed by atoms with Gasteiger partial charge in [-0.1, -0.05) is 36.4 Å². The maximum Gasteiger partial charge on any atom is 0.253 e. The van der Waals surface area contributed by atoms with Crippen LogP contribution in [-0.4, -0.2) is 29.4 Å². The molecule has 1 aromatic heterocycles. The van der Waals surface area contributed by atoms with Crippen molar-refractivity contribution in [1.82, 2.24) is 9.88 Å². The Kier molecular flexibility index (Phi) is 3.58. The van der Waals surface area contributed by atoms with Crippen molar-refractivity contribution in [2.75, 3.05) is 13.6 Å². The van der Waals surface area contributed by atoms with Crippen molar-refractivity contribution < 1.29 is 4.79 Å². The number of hydrogen-bond donors (Lipinski definition) is 1. The van der Waals surface area contributed by atoms with Crippen LogP contribution in [0.3, 0.4) is 0 Å². The number of carbonyl (C=O) groups excluding carboxylic acids is 1. The summed E-state index contributed by atoms with van der Waals surface area (Å²) in [7, 11) is 1.87. The Morgan fingerprint density at radius 1 is 1.24 bits per heavy atom. The van der Waals surface area contributed by atoms with Crippen molar-refractivity contribution in [3.05, 3.63) is 71.4 Å². The lowest BCUT2D eigenvalue weighted by atomic mass is 9.95. The fourth-order valence-corrected chi connectivity index (χ4v) is 3.58. The first kappa shape index (κ1) is 15.5. The number of rotatable bonds is 4. The van der Waals surface area contributed by atoms with Crippen LogP contribution in [0.25, 0.3) is 10.9 Å². The van der Waals surface area contributed by atoms with Gasteiger partial charge in [-0.2, -0.15) is 5.26 Å². The standard InChI is InChI=1S/C21H19N3O/c1-24(14-21(9-10-21)17-5-3-2-4-6-17)20(25)15-7-8-18-16(12-22)13-23-19(18)11-15/h2-8,11,13,23H,9-10,14H2,1H3. The first-order chi connectivity index (χ1) is 12.1. The Morgan fingerprint density at radius 2 is 2.00 bits per heavy atom. The van der Waals surface area contributed by atoms with Gasteiger partial charge in [0, 0.05) is 41.7 Å². The summed E-state index contributed by atoms with van der Waals surface area (Å²) < 4.78 is 0. The van der Waals surface area contributed by atoms with E-state index in [1.54, 1.807) is 12.3 Å². The molecule has 1 aliphatic rings. The average Bonchev–Trinajstić information content (AvgIpc) is 3.32. The molecule has 1 saturated carbocycles. The first-order valence-corrected chi connectivity index (χ1v) is 8.45. The molecule has 1 N–H and O–H groups in total. The molecule has 25 heavy (non-hydrogen) atoms. The molecule has 1 fully saturated rings. The predicted molar refractivity (Wildman–Crippen MR) is 97.3 cm³/mol. The summed E-state index contributed by atoms with van der Waals surface area (Å²) in [5, 5.41) is 9.94. The third-order valence-corrected chi connectivity index (χ3v) is 5.18. The normalized spacial score (nSPS) is 14.9. The van der Waals surface area contributed by atoms with Crippen LogP contribution in [0.1, 0.15) is 34.3 Å². The zero-order chi connectivity index (χ0) is 17.4. The van der Waals surface area contributed by atoms with E-state index >= 15 is 0 Å². The molecule has 2 aromatic carbocycles. The number of aromatic nitrogens is 1. The number of amides is 1. The minimum absolute atomic E-state index is 0.0113. The minimum atomic E-state index is 0.0113. The van der Waals surface area contributed by atoms with E-state index in [4.69, 9.17) is 5.26 Å². The molecule has 3 aromatic rings. The third-order valence-electron chi connectivity index (χ3n) is 5.18. The van der Waals surface area contributed by atoms with E-state index in [0.29, 0.717) is 11.1 Å². The summed E-state index contributed by atoms with van der Waals surface area (Å²) in [6.45, 7) is 0.724. The Labute approximate surface area is 146 Å². The molecule has 0 radical (unpaired) electrons. The molecular formula is C21H19N3O. The predicted octanol–water partition coefficient (Wildman–Crippen LogP) is 3.84. The van der Waals surface area contributed by atoms with Crippen LogP contribution >= 0.6 is 0 Å². The molecule has 4 rings (SSSR count). The molecule has 1 heterocycles. The number of benzene rings is 2. The number of aromatic amines is 1. The van der Waals surface area contributed by atoms with Gasteiger partial charge in [-0.25, -0.2) is 0 Å². The second-order valence-electron chi connectivity index (χ2n) is 6.88. The number of likely N-dealkylation sites (N-methyl/N-ethyl adjacent to an activating group) is 1. The smallest absolute Gasteiger partial charge is 0.253 e. The van der Waals surface area contributed by atoms with E-state index in [1.165, 1.54) is 5.56 Å². The molecule has 0 unspecified atom stereocenters. The molecule has 0 bridgehead atoms. The fourth-order valence-electron chi connectivity index (χ4n) is 3.58. The van der Waals surface area contributed by atoms with Gasteiger partial charge in [0.2, 0.25) is 0 Å². The number of nitrogens with one attached hydrogen (secondary N) is 1. The topological polar surface area (TPSA) is 59.9 Å². The summed E-state index contributed by atoms with van der Waals surface area (Å²) in [5.41, 5.74) is 3.48. The third kappa shape index (κ3) is 2.68. The summed E-state index contributed by atoms with van der Waals surface area (Å²) in [6.07, 6.45) is 3.92. The summed E-state index contributed by atoms with van der Waals surface area (Å²) in [5.74, 6) is 0.0113. The lowest BCUT2D eigenvalue weighted by molar-refractivity contribution is 0.0781. The van der Waals surface area contributed by atoms with Gasteiger partial charge in [-0.05, 0) is 30.5 Å². The van der Waals surface area contributed by atoms with Gasteiger partial charge in [0.05, 0.1) is 5.56 Å². The van der Waals surface area contributed by atoms with Gasteiger partial charge in [-0.15, -0.1) is 0 Å². The van der Waals surface area contributed by atoms with Gasteiger partial charge in [0.25, 0.3) is 5.91 Å². The molecule has 0 atom stereocenters. The number of hydrogen-bond acceptors (Lipinski definition) is 2. The highest BCUT2D eigenvalue weighted by atomic mass is 16.2. The van der Waals surface area contributed by atoms with E-state index in [1.807, 2.05) is 30.1 Å². The van der Waals surface area contributed by atoms with Gasteiger partial charge in [0.15, 0.2) is 0 Å². The minimum Gasteiger partial charge on any atom is -0.360 e. The van der Waals surface area contributed by atoms with Crippen molar-refractivity contribution in [2.24, 2.45) is 0 Å². The largest absolute Gasteiger partial charge is 0.360 e. The fraction of sp³-hybridized carbons (Fsp3) is 0.238. The highest BCUT2D eigenvalue weighted by Gasteiger charge is 2.45. The SMILES string of the molecule is CN(CC1(c2ccccc2)CC1)C(=O)c1ccc2c(C#N)c[nH]c2c1. The lowest BCUT2D eigenvalue weighted by Crippen LogP contribution is -2.34. The Bertz CT molecular complexity index is 977. The molecule has 0 spiro atoms. The molecule has 0 aliphatic heterocycles. The van der Waals surface area contributed by atoms with Crippen molar-refractivity contribution in [3.63, 3.8) is 0 Å². The van der Waals surface area contributed by atoms with Gasteiger partial charge in [0.1, 0.15) is 6.07 Å². The molecule has 4 nitrogen and oxygen atoms in total. The van der Waals surface area contributed by atoms with E-state index < -0.39 is 0 Å². The first-order valence-electron chi connectivity index (χ1n) is 8.45. The van der Waals surface area contributed by atoms with E-state index in [-0.39, 0.29) is 11.3 Å². The van der Waals surface area contributed by atoms with E-state index in [9.17, 15) is 4.79 Å². The van der Waals surface area contributed by atoms with Gasteiger partial charge < -0.3 is 9.88 Å². The van der Waals surface area contributed by atoms with Crippen LogP contribution in [0.15, 0.2) is 54.7 Å². The van der Waals surface area contributed by atoms with E-state index in [0.717, 1.165) is 30.3 Å². The van der Waals surface area contributed by atoms with Crippen molar-refractivity contribution >= 4 is 16.8 Å². The molecule has 4 heteroatoms. The second kappa shape index (κ2) is 5.78. The van der Waals surface area contributed by atoms with Gasteiger partial charge in [-0.3, -0.25) is 4.79 Å². The van der Waals surface area contributed by atoms with Crippen molar-refractivity contribution in [3.8, 4) is 6.07 Å². The number of nitrogens with zero attached hydrogens (tertiary/aromatic N) is 2. The molecule has 124 valence electrons. The summed E-state index contributed by atoms with van der Waals surface area (Å²) >= 11 is 0. The van der Waals surface area contributed by atoms with Crippen molar-refractivity contribution in [1.29, 1.82) is 5.26 Å². The Morgan fingerprint density at radius 3 is 2.68 bits per heavy atom. The monoisotopic (exact) mass is 329 g/mol. The zero-order valence-electron chi connectivity index (χ0n) is 14.1. The summed E-state index contributed by atoms with van der Waals surface area (Å²) in [4.78, 5) is 17.7. The van der Waals surface area contributed by atoms with E-state index in [2.05, 4.69) is 35.3 Å². The molecule has 1 amide bonds. The molecule has 1 aliphatic carbocycles. The van der Waals surface area contributed by atoms with Crippen LogP contribution in [0, 0.1) is 11.3 Å². The van der Waals surface area contributed by atoms with Crippen LogP contribution in [0.2, 0.25) is 0 Å². The molecular weight excluding hydrogens is 310 g/mol. The number of fused-ring (bicyclic) bond motifs is 1. The summed E-state index contributed by atoms with van der Waals surface area (Å²) in [6, 6.07) is 18.1. The van der Waals surface area contributed by atoms with Crippen molar-refractivity contribution in [2.45, 2.75) is 18.3 Å².